The Labute approximate surface area is 106 Å². The molecule has 0 aliphatic rings. The van der Waals surface area contributed by atoms with Crippen molar-refractivity contribution < 1.29 is 23.8 Å². The average molecular weight is 252 g/mol. The van der Waals surface area contributed by atoms with Crippen LogP contribution < -0.4 is 9.47 Å². The summed E-state index contributed by atoms with van der Waals surface area (Å²) in [6.07, 6.45) is -0.386. The summed E-state index contributed by atoms with van der Waals surface area (Å²) in [4.78, 5) is 21.8. The van der Waals surface area contributed by atoms with E-state index in [1.807, 2.05) is 0 Å². The molecule has 1 aromatic rings. The summed E-state index contributed by atoms with van der Waals surface area (Å²) in [7, 11) is 1.47. The van der Waals surface area contributed by atoms with Gasteiger partial charge in [0.05, 0.1) is 7.11 Å². The number of methoxy groups -OCH3 is 1. The SMILES string of the molecule is COc1cc(C(C)OC(C)=O)ccc1OC(C)=O. The minimum absolute atomic E-state index is 0.337. The van der Waals surface area contributed by atoms with Gasteiger partial charge in [-0.05, 0) is 24.6 Å². The fourth-order valence-corrected chi connectivity index (χ4v) is 1.49. The van der Waals surface area contributed by atoms with Gasteiger partial charge in [0.15, 0.2) is 11.5 Å². The Hall–Kier alpha value is -2.04. The third-order valence-corrected chi connectivity index (χ3v) is 2.25. The Balaban J connectivity index is 2.97. The Bertz CT molecular complexity index is 453. The second kappa shape index (κ2) is 6.05. The molecular formula is C13H16O5. The number of rotatable bonds is 4. The number of ether oxygens (including phenoxy) is 3. The Kier molecular flexibility index (Phi) is 4.71. The molecule has 0 N–H and O–H groups in total. The van der Waals surface area contributed by atoms with Crippen molar-refractivity contribution in [3.05, 3.63) is 23.8 Å². The van der Waals surface area contributed by atoms with Gasteiger partial charge in [-0.3, -0.25) is 9.59 Å². The van der Waals surface area contributed by atoms with Crippen LogP contribution in [0.25, 0.3) is 0 Å². The van der Waals surface area contributed by atoms with Crippen molar-refractivity contribution in [1.29, 1.82) is 0 Å². The Morgan fingerprint density at radius 3 is 2.28 bits per heavy atom. The molecule has 0 aliphatic carbocycles. The molecule has 98 valence electrons. The number of hydrogen-bond donors (Lipinski definition) is 0. The number of benzene rings is 1. The second-order valence-corrected chi connectivity index (χ2v) is 3.76. The van der Waals surface area contributed by atoms with Gasteiger partial charge in [0, 0.05) is 13.8 Å². The van der Waals surface area contributed by atoms with Crippen LogP contribution in [0.4, 0.5) is 0 Å². The first kappa shape index (κ1) is 14.0. The maximum atomic E-state index is 10.9. The molecule has 5 heteroatoms. The molecule has 0 radical (unpaired) electrons. The lowest BCUT2D eigenvalue weighted by Crippen LogP contribution is -2.06. The van der Waals surface area contributed by atoms with Crippen molar-refractivity contribution in [2.75, 3.05) is 7.11 Å². The number of carbonyl (C=O) groups excluding carboxylic acids is 2. The highest BCUT2D eigenvalue weighted by Gasteiger charge is 2.13. The summed E-state index contributed by atoms with van der Waals surface area (Å²) in [5.41, 5.74) is 0.762. The summed E-state index contributed by atoms with van der Waals surface area (Å²) in [5, 5.41) is 0. The maximum absolute atomic E-state index is 10.9. The normalized spacial score (nSPS) is 11.6. The lowest BCUT2D eigenvalue weighted by molar-refractivity contribution is -0.145. The molecule has 1 atom stereocenters. The highest BCUT2D eigenvalue weighted by atomic mass is 16.6. The van der Waals surface area contributed by atoms with Crippen molar-refractivity contribution in [1.82, 2.24) is 0 Å². The zero-order valence-electron chi connectivity index (χ0n) is 10.9. The first-order valence-corrected chi connectivity index (χ1v) is 5.47. The number of esters is 2. The van der Waals surface area contributed by atoms with E-state index >= 15 is 0 Å². The number of carbonyl (C=O) groups is 2. The number of hydrogen-bond acceptors (Lipinski definition) is 5. The monoisotopic (exact) mass is 252 g/mol. The molecule has 0 fully saturated rings. The lowest BCUT2D eigenvalue weighted by Gasteiger charge is -2.14. The van der Waals surface area contributed by atoms with E-state index in [0.717, 1.165) is 5.56 Å². The molecule has 0 spiro atoms. The van der Waals surface area contributed by atoms with Gasteiger partial charge in [-0.1, -0.05) is 6.07 Å². The van der Waals surface area contributed by atoms with Gasteiger partial charge in [0.25, 0.3) is 0 Å². The largest absolute Gasteiger partial charge is 0.493 e. The zero-order valence-corrected chi connectivity index (χ0v) is 10.9. The van der Waals surface area contributed by atoms with Crippen molar-refractivity contribution >= 4 is 11.9 Å². The molecule has 0 heterocycles. The second-order valence-electron chi connectivity index (χ2n) is 3.76. The van der Waals surface area contributed by atoms with Crippen LogP contribution in [0.3, 0.4) is 0 Å². The van der Waals surface area contributed by atoms with E-state index in [9.17, 15) is 9.59 Å². The van der Waals surface area contributed by atoms with Crippen molar-refractivity contribution in [2.45, 2.75) is 26.9 Å². The molecule has 0 aromatic heterocycles. The van der Waals surface area contributed by atoms with Crippen LogP contribution in [-0.2, 0) is 14.3 Å². The first-order valence-electron chi connectivity index (χ1n) is 5.47. The minimum Gasteiger partial charge on any atom is -0.493 e. The highest BCUT2D eigenvalue weighted by molar-refractivity contribution is 5.70. The van der Waals surface area contributed by atoms with E-state index < -0.39 is 5.97 Å². The van der Waals surface area contributed by atoms with Crippen LogP contribution in [0, 0.1) is 0 Å². The summed E-state index contributed by atoms with van der Waals surface area (Å²) in [5.74, 6) is -0.0231. The van der Waals surface area contributed by atoms with Crippen LogP contribution in [0.2, 0.25) is 0 Å². The van der Waals surface area contributed by atoms with E-state index in [-0.39, 0.29) is 12.1 Å². The first-order chi connectivity index (χ1) is 8.43. The molecular weight excluding hydrogens is 236 g/mol. The summed E-state index contributed by atoms with van der Waals surface area (Å²) < 4.78 is 15.2. The van der Waals surface area contributed by atoms with Gasteiger partial charge in [-0.2, -0.15) is 0 Å². The third kappa shape index (κ3) is 3.76. The van der Waals surface area contributed by atoms with E-state index in [1.165, 1.54) is 21.0 Å². The minimum atomic E-state index is -0.422. The summed E-state index contributed by atoms with van der Waals surface area (Å²) in [6.45, 7) is 4.41. The lowest BCUT2D eigenvalue weighted by atomic mass is 10.1. The molecule has 1 unspecified atom stereocenters. The maximum Gasteiger partial charge on any atom is 0.308 e. The quantitative estimate of drug-likeness (QED) is 0.607. The zero-order chi connectivity index (χ0) is 13.7. The molecule has 0 bridgehead atoms. The van der Waals surface area contributed by atoms with Gasteiger partial charge in [0.2, 0.25) is 0 Å². The molecule has 5 nitrogen and oxygen atoms in total. The van der Waals surface area contributed by atoms with E-state index in [0.29, 0.717) is 11.5 Å². The van der Waals surface area contributed by atoms with Gasteiger partial charge < -0.3 is 14.2 Å². The summed E-state index contributed by atoms with van der Waals surface area (Å²) >= 11 is 0. The van der Waals surface area contributed by atoms with E-state index in [1.54, 1.807) is 25.1 Å². The van der Waals surface area contributed by atoms with Gasteiger partial charge >= 0.3 is 11.9 Å². The van der Waals surface area contributed by atoms with Crippen LogP contribution in [0.1, 0.15) is 32.4 Å². The predicted molar refractivity (Wildman–Crippen MR) is 64.5 cm³/mol. The van der Waals surface area contributed by atoms with E-state index in [4.69, 9.17) is 14.2 Å². The molecule has 1 rings (SSSR count). The predicted octanol–water partition coefficient (Wildman–Crippen LogP) is 2.24. The third-order valence-electron chi connectivity index (χ3n) is 2.25. The van der Waals surface area contributed by atoms with Crippen LogP contribution in [0.15, 0.2) is 18.2 Å². The Morgan fingerprint density at radius 2 is 1.78 bits per heavy atom. The van der Waals surface area contributed by atoms with E-state index in [2.05, 4.69) is 0 Å². The van der Waals surface area contributed by atoms with Crippen LogP contribution in [-0.4, -0.2) is 19.0 Å². The molecule has 0 aliphatic heterocycles. The standard InChI is InChI=1S/C13H16O5/c1-8(17-9(2)14)11-5-6-12(18-10(3)15)13(7-11)16-4/h5-8H,1-4H3. The highest BCUT2D eigenvalue weighted by Crippen LogP contribution is 2.31. The average Bonchev–Trinajstić information content (AvgIpc) is 2.27. The van der Waals surface area contributed by atoms with Crippen LogP contribution >= 0.6 is 0 Å². The molecule has 18 heavy (non-hydrogen) atoms. The van der Waals surface area contributed by atoms with Crippen molar-refractivity contribution in [2.24, 2.45) is 0 Å². The van der Waals surface area contributed by atoms with Gasteiger partial charge in [-0.15, -0.1) is 0 Å². The topological polar surface area (TPSA) is 61.8 Å². The van der Waals surface area contributed by atoms with Gasteiger partial charge in [-0.25, -0.2) is 0 Å². The molecule has 0 amide bonds. The fraction of sp³-hybridized carbons (Fsp3) is 0.385. The Morgan fingerprint density at radius 1 is 1.11 bits per heavy atom. The molecule has 0 saturated heterocycles. The smallest absolute Gasteiger partial charge is 0.308 e. The molecule has 1 aromatic carbocycles. The van der Waals surface area contributed by atoms with Crippen molar-refractivity contribution in [3.8, 4) is 11.5 Å². The van der Waals surface area contributed by atoms with Crippen molar-refractivity contribution in [3.63, 3.8) is 0 Å². The van der Waals surface area contributed by atoms with Crippen LogP contribution in [0.5, 0.6) is 11.5 Å². The molecule has 0 saturated carbocycles. The fourth-order valence-electron chi connectivity index (χ4n) is 1.49. The van der Waals surface area contributed by atoms with Gasteiger partial charge in [0.1, 0.15) is 6.10 Å². The summed E-state index contributed by atoms with van der Waals surface area (Å²) in [6, 6.07) is 5.00.